The van der Waals surface area contributed by atoms with Crippen LogP contribution in [0, 0.1) is 0 Å². The minimum atomic E-state index is -0.883. The minimum absolute atomic E-state index is 0.0538. The Balaban J connectivity index is 0.991. The molecule has 2 aliphatic rings. The standard InChI is InChI=1S/C39H42N4O8/c1-41-17-15-26-30(22-42(2)39(49)36(26)41)24-19-33(50-3)28(34(20-24)51-4)9-7-10-35(46)40-16-6-5-8-23-11-13-27-29(18-23)38(48)43(37(27)47)31-14-12-25(44)21-32(31)45/h11,13,15,17-20,22,31H,5-10,12,14,16,21H2,1-4H3,(H,40,46). The van der Waals surface area contributed by atoms with Crippen LogP contribution in [0.1, 0.15) is 76.8 Å². The van der Waals surface area contributed by atoms with E-state index in [2.05, 4.69) is 5.32 Å². The lowest BCUT2D eigenvalue weighted by atomic mass is 9.92. The summed E-state index contributed by atoms with van der Waals surface area (Å²) in [5.74, 6) is -0.281. The van der Waals surface area contributed by atoms with Crippen molar-refractivity contribution in [2.45, 2.75) is 63.8 Å². The molecule has 12 heteroatoms. The third-order valence-corrected chi connectivity index (χ3v) is 9.91. The Hall–Kier alpha value is -5.52. The van der Waals surface area contributed by atoms with E-state index in [-0.39, 0.29) is 47.9 Å². The van der Waals surface area contributed by atoms with Gasteiger partial charge in [0, 0.05) is 62.4 Å². The van der Waals surface area contributed by atoms with Crippen molar-refractivity contribution in [2.24, 2.45) is 14.1 Å². The monoisotopic (exact) mass is 694 g/mol. The number of carbonyl (C=O) groups is 5. The maximum Gasteiger partial charge on any atom is 0.274 e. The van der Waals surface area contributed by atoms with Gasteiger partial charge < -0.3 is 23.9 Å². The number of carbonyl (C=O) groups excluding carboxylic acids is 5. The van der Waals surface area contributed by atoms with Crippen LogP contribution in [-0.2, 0) is 41.3 Å². The van der Waals surface area contributed by atoms with E-state index < -0.39 is 17.9 Å². The van der Waals surface area contributed by atoms with Gasteiger partial charge in [-0.2, -0.15) is 0 Å². The van der Waals surface area contributed by atoms with E-state index in [9.17, 15) is 28.8 Å². The molecule has 1 fully saturated rings. The first-order valence-corrected chi connectivity index (χ1v) is 17.2. The van der Waals surface area contributed by atoms with Gasteiger partial charge >= 0.3 is 0 Å². The van der Waals surface area contributed by atoms with Crippen molar-refractivity contribution in [3.63, 3.8) is 0 Å². The molecule has 0 saturated heterocycles. The molecule has 0 spiro atoms. The Morgan fingerprint density at radius 3 is 2.27 bits per heavy atom. The molecule has 3 amide bonds. The van der Waals surface area contributed by atoms with Crippen LogP contribution in [0.5, 0.6) is 11.5 Å². The van der Waals surface area contributed by atoms with Crippen LogP contribution in [0.4, 0.5) is 0 Å². The number of rotatable bonds is 13. The summed E-state index contributed by atoms with van der Waals surface area (Å²) >= 11 is 0. The highest BCUT2D eigenvalue weighted by Crippen LogP contribution is 2.38. The van der Waals surface area contributed by atoms with Gasteiger partial charge in [-0.15, -0.1) is 0 Å². The lowest BCUT2D eigenvalue weighted by Gasteiger charge is -2.27. The Morgan fingerprint density at radius 1 is 0.843 bits per heavy atom. The minimum Gasteiger partial charge on any atom is -0.496 e. The van der Waals surface area contributed by atoms with Crippen LogP contribution in [0.3, 0.4) is 0 Å². The van der Waals surface area contributed by atoms with Crippen molar-refractivity contribution < 1.29 is 33.4 Å². The maximum atomic E-state index is 13.1. The van der Waals surface area contributed by atoms with Gasteiger partial charge in [0.25, 0.3) is 17.4 Å². The summed E-state index contributed by atoms with van der Waals surface area (Å²) in [5.41, 5.74) is 4.61. The smallest absolute Gasteiger partial charge is 0.274 e. The second kappa shape index (κ2) is 14.8. The van der Waals surface area contributed by atoms with Gasteiger partial charge in [0.2, 0.25) is 5.91 Å². The molecular formula is C39H42N4O8. The van der Waals surface area contributed by atoms with Crippen LogP contribution < -0.4 is 20.3 Å². The van der Waals surface area contributed by atoms with E-state index in [4.69, 9.17) is 9.47 Å². The van der Waals surface area contributed by atoms with E-state index in [0.717, 1.165) is 45.4 Å². The zero-order valence-corrected chi connectivity index (χ0v) is 29.4. The van der Waals surface area contributed by atoms with Crippen LogP contribution >= 0.6 is 0 Å². The number of aryl methyl sites for hydroxylation is 3. The maximum absolute atomic E-state index is 13.1. The number of nitrogens with zero attached hydrogens (tertiary/aromatic N) is 3. The average molecular weight is 695 g/mol. The number of ketones is 2. The summed E-state index contributed by atoms with van der Waals surface area (Å²) in [5, 5.41) is 3.82. The zero-order chi connectivity index (χ0) is 36.4. The lowest BCUT2D eigenvalue weighted by Crippen LogP contribution is -2.47. The summed E-state index contributed by atoms with van der Waals surface area (Å²) in [4.78, 5) is 76.6. The molecule has 4 aromatic rings. The predicted octanol–water partition coefficient (Wildman–Crippen LogP) is 4.31. The normalized spacial score (nSPS) is 15.8. The molecule has 51 heavy (non-hydrogen) atoms. The van der Waals surface area contributed by atoms with Crippen LogP contribution in [0.15, 0.2) is 53.6 Å². The van der Waals surface area contributed by atoms with Gasteiger partial charge in [-0.3, -0.25) is 33.7 Å². The fourth-order valence-corrected chi connectivity index (χ4v) is 7.19. The number of hydrogen-bond donors (Lipinski definition) is 1. The molecule has 1 atom stereocenters. The molecule has 1 saturated carbocycles. The quantitative estimate of drug-likeness (QED) is 0.124. The first-order chi connectivity index (χ1) is 24.5. The van der Waals surface area contributed by atoms with Crippen LogP contribution in [0.2, 0.25) is 0 Å². The molecule has 1 N–H and O–H groups in total. The number of hydrogen-bond acceptors (Lipinski definition) is 8. The van der Waals surface area contributed by atoms with Crippen molar-refractivity contribution >= 4 is 40.2 Å². The Morgan fingerprint density at radius 2 is 1.57 bits per heavy atom. The number of aromatic nitrogens is 2. The number of ether oxygens (including phenoxy) is 2. The van der Waals surface area contributed by atoms with Crippen molar-refractivity contribution in [1.82, 2.24) is 19.4 Å². The number of methoxy groups -OCH3 is 2. The van der Waals surface area contributed by atoms with Gasteiger partial charge in [0.15, 0.2) is 5.78 Å². The van der Waals surface area contributed by atoms with E-state index in [1.165, 1.54) is 0 Å². The van der Waals surface area contributed by atoms with Gasteiger partial charge in [0.05, 0.1) is 37.8 Å². The van der Waals surface area contributed by atoms with Crippen molar-refractivity contribution in [3.8, 4) is 22.6 Å². The highest BCUT2D eigenvalue weighted by molar-refractivity contribution is 6.23. The van der Waals surface area contributed by atoms with Crippen molar-refractivity contribution in [2.75, 3.05) is 20.8 Å². The van der Waals surface area contributed by atoms with Crippen LogP contribution in [-0.4, -0.2) is 70.1 Å². The number of pyridine rings is 1. The van der Waals surface area contributed by atoms with Gasteiger partial charge in [-0.25, -0.2) is 0 Å². The highest BCUT2D eigenvalue weighted by atomic mass is 16.5. The Bertz CT molecular complexity index is 2100. The molecule has 12 nitrogen and oxygen atoms in total. The summed E-state index contributed by atoms with van der Waals surface area (Å²) in [6, 6.07) is 10.1. The van der Waals surface area contributed by atoms with E-state index >= 15 is 0 Å². The molecule has 1 unspecified atom stereocenters. The Kier molecular flexibility index (Phi) is 10.2. The van der Waals surface area contributed by atoms with Gasteiger partial charge in [0.1, 0.15) is 22.8 Å². The zero-order valence-electron chi connectivity index (χ0n) is 29.4. The molecule has 0 bridgehead atoms. The van der Waals surface area contributed by atoms with Crippen LogP contribution in [0.25, 0.3) is 22.0 Å². The highest BCUT2D eigenvalue weighted by Gasteiger charge is 2.44. The molecule has 1 aliphatic carbocycles. The van der Waals surface area contributed by atoms with Gasteiger partial charge in [-0.1, -0.05) is 6.07 Å². The average Bonchev–Trinajstić information content (AvgIpc) is 3.62. The number of fused-ring (bicyclic) bond motifs is 2. The topological polar surface area (TPSA) is 146 Å². The third-order valence-electron chi connectivity index (χ3n) is 9.91. The molecule has 1 aliphatic heterocycles. The molecule has 2 aromatic carbocycles. The predicted molar refractivity (Wildman–Crippen MR) is 190 cm³/mol. The summed E-state index contributed by atoms with van der Waals surface area (Å²) < 4.78 is 14.9. The second-order valence-corrected chi connectivity index (χ2v) is 13.3. The van der Waals surface area contributed by atoms with E-state index in [1.54, 1.807) is 38.0 Å². The van der Waals surface area contributed by atoms with E-state index in [0.29, 0.717) is 54.8 Å². The number of benzene rings is 2. The Labute approximate surface area is 295 Å². The molecule has 2 aromatic heterocycles. The molecule has 0 radical (unpaired) electrons. The molecule has 3 heterocycles. The van der Waals surface area contributed by atoms with E-state index in [1.807, 2.05) is 48.3 Å². The molecular weight excluding hydrogens is 652 g/mol. The largest absolute Gasteiger partial charge is 0.496 e. The van der Waals surface area contributed by atoms with Crippen molar-refractivity contribution in [1.29, 1.82) is 0 Å². The first kappa shape index (κ1) is 35.3. The first-order valence-electron chi connectivity index (χ1n) is 17.2. The number of nitrogens with one attached hydrogen (secondary N) is 1. The fraction of sp³-hybridized carbons (Fsp3) is 0.385. The summed E-state index contributed by atoms with van der Waals surface area (Å²) in [6.07, 6.45) is 7.44. The molecule has 6 rings (SSSR count). The van der Waals surface area contributed by atoms with Gasteiger partial charge in [-0.05, 0) is 80.0 Å². The summed E-state index contributed by atoms with van der Waals surface area (Å²) in [6.45, 7) is 0.506. The van der Waals surface area contributed by atoms with Crippen molar-refractivity contribution in [3.05, 3.63) is 81.4 Å². The number of unbranched alkanes of at least 4 members (excludes halogenated alkanes) is 1. The number of amides is 3. The molecule has 266 valence electrons. The number of Topliss-reactive ketones (excluding diaryl/α,β-unsaturated/α-hetero) is 2. The number of imide groups is 1. The fourth-order valence-electron chi connectivity index (χ4n) is 7.19. The SMILES string of the molecule is COc1cc(-c2cn(C)c(=O)c3c2ccn3C)cc(OC)c1CCCC(=O)NCCCCc1ccc2c(c1)C(=O)N(C1CCC(=O)CC1=O)C2=O. The lowest BCUT2D eigenvalue weighted by molar-refractivity contribution is -0.132. The summed E-state index contributed by atoms with van der Waals surface area (Å²) in [7, 11) is 6.79. The third kappa shape index (κ3) is 6.95. The second-order valence-electron chi connectivity index (χ2n) is 13.3.